The molecule has 2 aromatic rings. The monoisotopic (exact) mass is 290 g/mol. The number of hydrogen-bond donors (Lipinski definition) is 2. The summed E-state index contributed by atoms with van der Waals surface area (Å²) in [6, 6.07) is 5.43. The predicted molar refractivity (Wildman–Crippen MR) is 78.5 cm³/mol. The molecule has 20 heavy (non-hydrogen) atoms. The SMILES string of the molecule is O=C(Cc1ccsc1)Nc1ccc2c(c1F)CCNC2. The van der Waals surface area contributed by atoms with E-state index in [1.165, 1.54) is 0 Å². The molecule has 0 unspecified atom stereocenters. The van der Waals surface area contributed by atoms with E-state index in [4.69, 9.17) is 0 Å². The highest BCUT2D eigenvalue weighted by Gasteiger charge is 2.17. The highest BCUT2D eigenvalue weighted by atomic mass is 32.1. The third-order valence-electron chi connectivity index (χ3n) is 3.43. The van der Waals surface area contributed by atoms with Gasteiger partial charge in [-0.05, 0) is 52.5 Å². The van der Waals surface area contributed by atoms with E-state index >= 15 is 0 Å². The quantitative estimate of drug-likeness (QED) is 0.912. The molecule has 0 spiro atoms. The number of nitrogens with one attached hydrogen (secondary N) is 2. The van der Waals surface area contributed by atoms with Gasteiger partial charge in [-0.3, -0.25) is 4.79 Å². The van der Waals surface area contributed by atoms with Gasteiger partial charge >= 0.3 is 0 Å². The van der Waals surface area contributed by atoms with Gasteiger partial charge in [0.1, 0.15) is 5.82 Å². The molecule has 1 aliphatic rings. The predicted octanol–water partition coefficient (Wildman–Crippen LogP) is 2.71. The summed E-state index contributed by atoms with van der Waals surface area (Å²) in [4.78, 5) is 11.9. The van der Waals surface area contributed by atoms with Crippen molar-refractivity contribution in [2.45, 2.75) is 19.4 Å². The smallest absolute Gasteiger partial charge is 0.228 e. The molecule has 2 heterocycles. The van der Waals surface area contributed by atoms with E-state index in [-0.39, 0.29) is 23.8 Å². The van der Waals surface area contributed by atoms with Crippen LogP contribution in [0.2, 0.25) is 0 Å². The van der Waals surface area contributed by atoms with Crippen molar-refractivity contribution in [1.82, 2.24) is 5.32 Å². The Labute approximate surface area is 120 Å². The van der Waals surface area contributed by atoms with E-state index in [0.717, 1.165) is 23.2 Å². The Balaban J connectivity index is 1.76. The number of thiophene rings is 1. The standard InChI is InChI=1S/C15H15FN2OS/c16-15-12-3-5-17-8-11(12)1-2-13(15)18-14(19)7-10-4-6-20-9-10/h1-2,4,6,9,17H,3,5,7-8H2,(H,18,19). The molecule has 1 amide bonds. The molecule has 104 valence electrons. The van der Waals surface area contributed by atoms with Crippen molar-refractivity contribution < 1.29 is 9.18 Å². The summed E-state index contributed by atoms with van der Waals surface area (Å²) >= 11 is 1.55. The van der Waals surface area contributed by atoms with Crippen LogP contribution in [0, 0.1) is 5.82 Å². The Hall–Kier alpha value is -1.72. The molecule has 0 radical (unpaired) electrons. The highest BCUT2D eigenvalue weighted by molar-refractivity contribution is 7.08. The van der Waals surface area contributed by atoms with Gasteiger partial charge in [-0.2, -0.15) is 11.3 Å². The maximum absolute atomic E-state index is 14.4. The van der Waals surface area contributed by atoms with Crippen LogP contribution in [0.1, 0.15) is 16.7 Å². The average Bonchev–Trinajstić information content (AvgIpc) is 2.95. The normalized spacial score (nSPS) is 13.8. The number of carbonyl (C=O) groups excluding carboxylic acids is 1. The van der Waals surface area contributed by atoms with Gasteiger partial charge in [0.2, 0.25) is 5.91 Å². The first-order chi connectivity index (χ1) is 9.74. The van der Waals surface area contributed by atoms with Crippen LogP contribution in [-0.2, 0) is 24.2 Å². The van der Waals surface area contributed by atoms with Crippen LogP contribution in [0.3, 0.4) is 0 Å². The number of benzene rings is 1. The van der Waals surface area contributed by atoms with E-state index in [1.807, 2.05) is 22.9 Å². The van der Waals surface area contributed by atoms with Gasteiger partial charge in [0.25, 0.3) is 0 Å². The first-order valence-corrected chi connectivity index (χ1v) is 7.50. The molecule has 3 rings (SSSR count). The van der Waals surface area contributed by atoms with Crippen LogP contribution in [0.4, 0.5) is 10.1 Å². The van der Waals surface area contributed by atoms with Gasteiger partial charge in [0.15, 0.2) is 0 Å². The van der Waals surface area contributed by atoms with Crippen molar-refractivity contribution in [1.29, 1.82) is 0 Å². The molecule has 5 heteroatoms. The molecule has 1 aromatic heterocycles. The van der Waals surface area contributed by atoms with Crippen LogP contribution < -0.4 is 10.6 Å². The lowest BCUT2D eigenvalue weighted by molar-refractivity contribution is -0.115. The summed E-state index contributed by atoms with van der Waals surface area (Å²) in [5.41, 5.74) is 2.93. The third kappa shape index (κ3) is 2.73. The second kappa shape index (κ2) is 5.73. The van der Waals surface area contributed by atoms with Crippen molar-refractivity contribution in [2.24, 2.45) is 0 Å². The number of amides is 1. The summed E-state index contributed by atoms with van der Waals surface area (Å²) in [5.74, 6) is -0.473. The van der Waals surface area contributed by atoms with Gasteiger partial charge in [-0.1, -0.05) is 6.07 Å². The maximum atomic E-state index is 14.4. The van der Waals surface area contributed by atoms with Crippen molar-refractivity contribution in [3.05, 3.63) is 51.5 Å². The summed E-state index contributed by atoms with van der Waals surface area (Å²) in [6.07, 6.45) is 0.941. The van der Waals surface area contributed by atoms with E-state index in [9.17, 15) is 9.18 Å². The Morgan fingerprint density at radius 1 is 1.40 bits per heavy atom. The fourth-order valence-electron chi connectivity index (χ4n) is 2.40. The number of hydrogen-bond acceptors (Lipinski definition) is 3. The molecule has 0 atom stereocenters. The first-order valence-electron chi connectivity index (χ1n) is 6.56. The lowest BCUT2D eigenvalue weighted by Gasteiger charge is -2.19. The lowest BCUT2D eigenvalue weighted by Crippen LogP contribution is -2.25. The van der Waals surface area contributed by atoms with Crippen molar-refractivity contribution in [3.8, 4) is 0 Å². The van der Waals surface area contributed by atoms with E-state index < -0.39 is 0 Å². The van der Waals surface area contributed by atoms with Crippen molar-refractivity contribution in [3.63, 3.8) is 0 Å². The topological polar surface area (TPSA) is 41.1 Å². The minimum Gasteiger partial charge on any atom is -0.323 e. The Morgan fingerprint density at radius 2 is 2.30 bits per heavy atom. The molecule has 1 aromatic carbocycles. The van der Waals surface area contributed by atoms with Crippen LogP contribution in [0.25, 0.3) is 0 Å². The zero-order valence-corrected chi connectivity index (χ0v) is 11.7. The van der Waals surface area contributed by atoms with Gasteiger partial charge in [-0.15, -0.1) is 0 Å². The van der Waals surface area contributed by atoms with Crippen LogP contribution in [0.5, 0.6) is 0 Å². The highest BCUT2D eigenvalue weighted by Crippen LogP contribution is 2.24. The number of anilines is 1. The molecule has 0 fully saturated rings. The zero-order valence-electron chi connectivity index (χ0n) is 10.9. The average molecular weight is 290 g/mol. The van der Waals surface area contributed by atoms with Gasteiger partial charge < -0.3 is 10.6 Å². The minimum atomic E-state index is -0.289. The number of rotatable bonds is 3. The molecular weight excluding hydrogens is 275 g/mol. The number of carbonyl (C=O) groups is 1. The van der Waals surface area contributed by atoms with Crippen LogP contribution >= 0.6 is 11.3 Å². The van der Waals surface area contributed by atoms with E-state index in [2.05, 4.69) is 10.6 Å². The fraction of sp³-hybridized carbons (Fsp3) is 0.267. The Kier molecular flexibility index (Phi) is 3.80. The summed E-state index contributed by atoms with van der Waals surface area (Å²) in [5, 5.41) is 9.72. The Morgan fingerprint density at radius 3 is 3.10 bits per heavy atom. The van der Waals surface area contributed by atoms with Gasteiger partial charge in [0.05, 0.1) is 12.1 Å². The third-order valence-corrected chi connectivity index (χ3v) is 4.16. The molecule has 0 saturated heterocycles. The Bertz CT molecular complexity index is 625. The fourth-order valence-corrected chi connectivity index (χ4v) is 3.07. The largest absolute Gasteiger partial charge is 0.323 e. The van der Waals surface area contributed by atoms with Crippen molar-refractivity contribution >= 4 is 22.9 Å². The first kappa shape index (κ1) is 13.3. The molecule has 3 nitrogen and oxygen atoms in total. The molecule has 0 bridgehead atoms. The van der Waals surface area contributed by atoms with Gasteiger partial charge in [0, 0.05) is 6.54 Å². The van der Waals surface area contributed by atoms with Gasteiger partial charge in [-0.25, -0.2) is 4.39 Å². The summed E-state index contributed by atoms with van der Waals surface area (Å²) in [7, 11) is 0. The summed E-state index contributed by atoms with van der Waals surface area (Å²) in [6.45, 7) is 1.46. The van der Waals surface area contributed by atoms with E-state index in [0.29, 0.717) is 13.0 Å². The van der Waals surface area contributed by atoms with E-state index in [1.54, 1.807) is 17.4 Å². The molecule has 1 aliphatic heterocycles. The maximum Gasteiger partial charge on any atom is 0.228 e. The number of fused-ring (bicyclic) bond motifs is 1. The number of halogens is 1. The lowest BCUT2D eigenvalue weighted by atomic mass is 9.99. The molecule has 0 saturated carbocycles. The van der Waals surface area contributed by atoms with Crippen LogP contribution in [0.15, 0.2) is 29.0 Å². The second-order valence-electron chi connectivity index (χ2n) is 4.85. The second-order valence-corrected chi connectivity index (χ2v) is 5.63. The summed E-state index contributed by atoms with van der Waals surface area (Å²) < 4.78 is 14.4. The molecular formula is C15H15FN2OS. The molecule has 2 N–H and O–H groups in total. The molecule has 0 aliphatic carbocycles. The van der Waals surface area contributed by atoms with Crippen LogP contribution in [-0.4, -0.2) is 12.5 Å². The van der Waals surface area contributed by atoms with Crippen molar-refractivity contribution in [2.75, 3.05) is 11.9 Å². The minimum absolute atomic E-state index is 0.184. The zero-order chi connectivity index (χ0) is 13.9.